The van der Waals surface area contributed by atoms with Gasteiger partial charge in [0.15, 0.2) is 11.4 Å². The molecular formula is C20H17N3O2. The van der Waals surface area contributed by atoms with Crippen LogP contribution in [0.2, 0.25) is 0 Å². The number of ether oxygens (including phenoxy) is 1. The van der Waals surface area contributed by atoms with Gasteiger partial charge in [-0.3, -0.25) is 9.20 Å². The number of aromatic nitrogens is 2. The van der Waals surface area contributed by atoms with E-state index < -0.39 is 0 Å². The van der Waals surface area contributed by atoms with Crippen LogP contribution in [0, 0.1) is 6.92 Å². The Hall–Kier alpha value is -3.34. The number of fused-ring (bicyclic) bond motifs is 2. The Bertz CT molecular complexity index is 1090. The van der Waals surface area contributed by atoms with Crippen LogP contribution in [0.3, 0.4) is 0 Å². The first-order valence-electron chi connectivity index (χ1n) is 8.00. The highest BCUT2D eigenvalue weighted by atomic mass is 16.5. The van der Waals surface area contributed by atoms with E-state index in [9.17, 15) is 4.79 Å². The number of nitrogens with zero attached hydrogens (tertiary/aromatic N) is 2. The molecule has 0 radical (unpaired) electrons. The molecule has 0 atom stereocenters. The molecule has 4 rings (SSSR count). The van der Waals surface area contributed by atoms with E-state index in [-0.39, 0.29) is 5.91 Å². The molecule has 0 saturated heterocycles. The predicted octanol–water partition coefficient (Wildman–Crippen LogP) is 4.06. The van der Waals surface area contributed by atoms with Gasteiger partial charge in [-0.15, -0.1) is 0 Å². The van der Waals surface area contributed by atoms with Gasteiger partial charge in [-0.2, -0.15) is 0 Å². The van der Waals surface area contributed by atoms with Gasteiger partial charge in [-0.25, -0.2) is 4.98 Å². The molecule has 2 aromatic heterocycles. The SMILES string of the molecule is COc1cccn2c(C(=O)Nc3cccc4ccccc34)c(C)nc12. The molecule has 0 aliphatic rings. The van der Waals surface area contributed by atoms with Crippen molar-refractivity contribution in [3.05, 3.63) is 72.2 Å². The van der Waals surface area contributed by atoms with E-state index in [4.69, 9.17) is 4.74 Å². The standard InChI is InChI=1S/C20H17N3O2/c1-13-18(23-12-6-11-17(25-2)19(23)21-13)20(24)22-16-10-5-8-14-7-3-4-9-15(14)16/h3-12H,1-2H3,(H,22,24). The van der Waals surface area contributed by atoms with Gasteiger partial charge < -0.3 is 10.1 Å². The van der Waals surface area contributed by atoms with E-state index in [2.05, 4.69) is 10.3 Å². The molecule has 0 aliphatic carbocycles. The van der Waals surface area contributed by atoms with Gasteiger partial charge in [0.05, 0.1) is 12.8 Å². The van der Waals surface area contributed by atoms with Crippen molar-refractivity contribution >= 4 is 28.0 Å². The number of nitrogens with one attached hydrogen (secondary N) is 1. The summed E-state index contributed by atoms with van der Waals surface area (Å²) in [6.45, 7) is 1.82. The Labute approximate surface area is 144 Å². The average molecular weight is 331 g/mol. The Morgan fingerprint density at radius 3 is 2.72 bits per heavy atom. The monoisotopic (exact) mass is 331 g/mol. The molecule has 2 heterocycles. The van der Waals surface area contributed by atoms with Crippen LogP contribution in [0.4, 0.5) is 5.69 Å². The van der Waals surface area contributed by atoms with Crippen molar-refractivity contribution in [2.24, 2.45) is 0 Å². The maximum Gasteiger partial charge on any atom is 0.274 e. The first-order valence-corrected chi connectivity index (χ1v) is 8.00. The van der Waals surface area contributed by atoms with Gasteiger partial charge in [-0.1, -0.05) is 36.4 Å². The number of aryl methyl sites for hydroxylation is 1. The number of amides is 1. The van der Waals surface area contributed by atoms with Gasteiger partial charge in [0, 0.05) is 17.3 Å². The summed E-state index contributed by atoms with van der Waals surface area (Å²) < 4.78 is 7.09. The second kappa shape index (κ2) is 5.94. The number of hydrogen-bond donors (Lipinski definition) is 1. The first kappa shape index (κ1) is 15.2. The van der Waals surface area contributed by atoms with Crippen molar-refractivity contribution in [1.29, 1.82) is 0 Å². The van der Waals surface area contributed by atoms with Gasteiger partial charge in [0.2, 0.25) is 0 Å². The Balaban J connectivity index is 1.79. The largest absolute Gasteiger partial charge is 0.493 e. The molecule has 5 heteroatoms. The van der Waals surface area contributed by atoms with Crippen molar-refractivity contribution in [2.45, 2.75) is 6.92 Å². The van der Waals surface area contributed by atoms with E-state index in [1.807, 2.05) is 67.7 Å². The minimum Gasteiger partial charge on any atom is -0.493 e. The maximum atomic E-state index is 12.9. The van der Waals surface area contributed by atoms with Crippen LogP contribution in [0.1, 0.15) is 16.2 Å². The maximum absolute atomic E-state index is 12.9. The molecule has 0 bridgehead atoms. The fraction of sp³-hybridized carbons (Fsp3) is 0.100. The Kier molecular flexibility index (Phi) is 3.61. The Morgan fingerprint density at radius 1 is 1.08 bits per heavy atom. The number of imidazole rings is 1. The van der Waals surface area contributed by atoms with Crippen LogP contribution in [0.5, 0.6) is 5.75 Å². The molecule has 5 nitrogen and oxygen atoms in total. The number of hydrogen-bond acceptors (Lipinski definition) is 3. The normalized spacial score (nSPS) is 11.0. The zero-order valence-electron chi connectivity index (χ0n) is 14.0. The summed E-state index contributed by atoms with van der Waals surface area (Å²) in [4.78, 5) is 17.4. The average Bonchev–Trinajstić information content (AvgIpc) is 2.98. The van der Waals surface area contributed by atoms with Crippen molar-refractivity contribution in [3.8, 4) is 5.75 Å². The zero-order valence-corrected chi connectivity index (χ0v) is 14.0. The molecule has 1 amide bonds. The first-order chi connectivity index (χ1) is 12.2. The van der Waals surface area contributed by atoms with Crippen LogP contribution in [-0.4, -0.2) is 22.4 Å². The number of pyridine rings is 1. The van der Waals surface area contributed by atoms with Crippen molar-refractivity contribution in [3.63, 3.8) is 0 Å². The molecule has 0 saturated carbocycles. The number of benzene rings is 2. The number of methoxy groups -OCH3 is 1. The third-order valence-electron chi connectivity index (χ3n) is 4.26. The van der Waals surface area contributed by atoms with Gasteiger partial charge in [0.25, 0.3) is 5.91 Å². The van der Waals surface area contributed by atoms with Crippen molar-refractivity contribution in [2.75, 3.05) is 12.4 Å². The molecule has 0 fully saturated rings. The number of carbonyl (C=O) groups excluding carboxylic acids is 1. The quantitative estimate of drug-likeness (QED) is 0.616. The van der Waals surface area contributed by atoms with Gasteiger partial charge >= 0.3 is 0 Å². The topological polar surface area (TPSA) is 55.6 Å². The summed E-state index contributed by atoms with van der Waals surface area (Å²) in [5, 5.41) is 5.10. The summed E-state index contributed by atoms with van der Waals surface area (Å²) >= 11 is 0. The van der Waals surface area contributed by atoms with E-state index in [0.717, 1.165) is 16.5 Å². The molecular weight excluding hydrogens is 314 g/mol. The second-order valence-corrected chi connectivity index (χ2v) is 5.80. The molecule has 0 aliphatic heterocycles. The van der Waals surface area contributed by atoms with E-state index in [0.29, 0.717) is 22.8 Å². The molecule has 2 aromatic carbocycles. The fourth-order valence-corrected chi connectivity index (χ4v) is 3.10. The van der Waals surface area contributed by atoms with E-state index in [1.54, 1.807) is 11.5 Å². The van der Waals surface area contributed by atoms with Crippen LogP contribution in [0.25, 0.3) is 16.4 Å². The zero-order chi connectivity index (χ0) is 17.4. The highest BCUT2D eigenvalue weighted by Gasteiger charge is 2.19. The van der Waals surface area contributed by atoms with Crippen LogP contribution < -0.4 is 10.1 Å². The van der Waals surface area contributed by atoms with Gasteiger partial charge in [0.1, 0.15) is 5.69 Å². The van der Waals surface area contributed by atoms with Crippen molar-refractivity contribution in [1.82, 2.24) is 9.38 Å². The van der Waals surface area contributed by atoms with Gasteiger partial charge in [-0.05, 0) is 30.5 Å². The minimum atomic E-state index is -0.199. The molecule has 124 valence electrons. The molecule has 4 aromatic rings. The highest BCUT2D eigenvalue weighted by molar-refractivity contribution is 6.09. The lowest BCUT2D eigenvalue weighted by Gasteiger charge is -2.09. The number of anilines is 1. The minimum absolute atomic E-state index is 0.199. The number of carbonyl (C=O) groups is 1. The lowest BCUT2D eigenvalue weighted by Crippen LogP contribution is -2.15. The fourth-order valence-electron chi connectivity index (χ4n) is 3.10. The lowest BCUT2D eigenvalue weighted by molar-refractivity contribution is 0.102. The smallest absolute Gasteiger partial charge is 0.274 e. The summed E-state index contributed by atoms with van der Waals surface area (Å²) in [6.07, 6.45) is 1.82. The summed E-state index contributed by atoms with van der Waals surface area (Å²) in [5.74, 6) is 0.435. The third-order valence-corrected chi connectivity index (χ3v) is 4.26. The van der Waals surface area contributed by atoms with Crippen LogP contribution in [0.15, 0.2) is 60.8 Å². The second-order valence-electron chi connectivity index (χ2n) is 5.80. The number of rotatable bonds is 3. The van der Waals surface area contributed by atoms with E-state index >= 15 is 0 Å². The van der Waals surface area contributed by atoms with E-state index in [1.165, 1.54) is 0 Å². The molecule has 1 N–H and O–H groups in total. The highest BCUT2D eigenvalue weighted by Crippen LogP contribution is 2.25. The molecule has 0 unspecified atom stereocenters. The molecule has 25 heavy (non-hydrogen) atoms. The summed E-state index contributed by atoms with van der Waals surface area (Å²) in [7, 11) is 1.59. The molecule has 0 spiro atoms. The lowest BCUT2D eigenvalue weighted by atomic mass is 10.1. The summed E-state index contributed by atoms with van der Waals surface area (Å²) in [5.41, 5.74) is 2.56. The van der Waals surface area contributed by atoms with Crippen molar-refractivity contribution < 1.29 is 9.53 Å². The summed E-state index contributed by atoms with van der Waals surface area (Å²) in [6, 6.07) is 17.5. The Morgan fingerprint density at radius 2 is 1.88 bits per heavy atom. The predicted molar refractivity (Wildman–Crippen MR) is 98.4 cm³/mol. The van der Waals surface area contributed by atoms with Crippen LogP contribution in [-0.2, 0) is 0 Å². The third kappa shape index (κ3) is 2.50. The van der Waals surface area contributed by atoms with Crippen LogP contribution >= 0.6 is 0 Å².